The van der Waals surface area contributed by atoms with Gasteiger partial charge in [-0.15, -0.1) is 0 Å². The molecule has 0 radical (unpaired) electrons. The largest absolute Gasteiger partial charge is 0.478 e. The molecule has 1 aliphatic heterocycles. The molecule has 0 aromatic heterocycles. The molecule has 0 aromatic rings. The van der Waals surface area contributed by atoms with Crippen molar-refractivity contribution in [3.63, 3.8) is 0 Å². The lowest BCUT2D eigenvalue weighted by Crippen LogP contribution is -2.22. The maximum atomic E-state index is 10.2. The van der Waals surface area contributed by atoms with E-state index < -0.39 is 5.97 Å². The molecule has 0 spiro atoms. The van der Waals surface area contributed by atoms with Crippen LogP contribution in [0.2, 0.25) is 0 Å². The predicted octanol–water partition coefficient (Wildman–Crippen LogP) is 0.721. The van der Waals surface area contributed by atoms with E-state index in [9.17, 15) is 4.79 Å². The number of aliphatic carboxylic acids is 1. The molecule has 0 saturated carbocycles. The van der Waals surface area contributed by atoms with Crippen molar-refractivity contribution in [2.75, 3.05) is 13.6 Å². The fourth-order valence-corrected chi connectivity index (χ4v) is 1.37. The molecule has 0 aromatic carbocycles. The Balaban J connectivity index is 2.42. The Kier molecular flexibility index (Phi) is 2.65. The number of likely N-dealkylation sites (tertiary alicyclic amines) is 1. The normalized spacial score (nSPS) is 26.5. The molecule has 62 valence electrons. The van der Waals surface area contributed by atoms with Crippen molar-refractivity contribution >= 4 is 5.97 Å². The summed E-state index contributed by atoms with van der Waals surface area (Å²) in [5.74, 6) is -0.856. The molecule has 0 bridgehead atoms. The summed E-state index contributed by atoms with van der Waals surface area (Å²) >= 11 is 0. The summed E-state index contributed by atoms with van der Waals surface area (Å²) in [5.41, 5.74) is 0. The SMILES string of the molecule is CN1CCC[C@@H]1/C=C/C(=O)O. The molecule has 0 aliphatic carbocycles. The van der Waals surface area contributed by atoms with Crippen molar-refractivity contribution in [3.05, 3.63) is 12.2 Å². The van der Waals surface area contributed by atoms with Crippen LogP contribution in [0.5, 0.6) is 0 Å². The van der Waals surface area contributed by atoms with Crippen molar-refractivity contribution in [2.45, 2.75) is 18.9 Å². The Hall–Kier alpha value is -0.830. The van der Waals surface area contributed by atoms with Gasteiger partial charge >= 0.3 is 5.97 Å². The van der Waals surface area contributed by atoms with Crippen LogP contribution < -0.4 is 0 Å². The molecule has 1 atom stereocenters. The van der Waals surface area contributed by atoms with Crippen LogP contribution in [0.1, 0.15) is 12.8 Å². The van der Waals surface area contributed by atoms with Gasteiger partial charge in [-0.2, -0.15) is 0 Å². The highest BCUT2D eigenvalue weighted by Crippen LogP contribution is 2.15. The smallest absolute Gasteiger partial charge is 0.328 e. The first-order valence-corrected chi connectivity index (χ1v) is 3.81. The summed E-state index contributed by atoms with van der Waals surface area (Å²) in [4.78, 5) is 12.3. The summed E-state index contributed by atoms with van der Waals surface area (Å²) in [7, 11) is 2.02. The highest BCUT2D eigenvalue weighted by atomic mass is 16.4. The van der Waals surface area contributed by atoms with Gasteiger partial charge in [-0.3, -0.25) is 4.90 Å². The second kappa shape index (κ2) is 3.53. The zero-order valence-electron chi connectivity index (χ0n) is 6.66. The molecular formula is C8H13NO2. The minimum absolute atomic E-state index is 0.339. The number of carboxylic acid groups (broad SMARTS) is 1. The molecule has 1 fully saturated rings. The summed E-state index contributed by atoms with van der Waals surface area (Å²) in [6.07, 6.45) is 5.24. The third kappa shape index (κ3) is 2.35. The average Bonchev–Trinajstić information content (AvgIpc) is 2.31. The first-order valence-electron chi connectivity index (χ1n) is 3.81. The lowest BCUT2D eigenvalue weighted by atomic mass is 10.2. The molecule has 3 nitrogen and oxygen atoms in total. The van der Waals surface area contributed by atoms with Crippen LogP contribution in [0, 0.1) is 0 Å². The zero-order valence-corrected chi connectivity index (χ0v) is 6.66. The number of nitrogens with zero attached hydrogens (tertiary/aromatic N) is 1. The summed E-state index contributed by atoms with van der Waals surface area (Å²) < 4.78 is 0. The quantitative estimate of drug-likeness (QED) is 0.597. The predicted molar refractivity (Wildman–Crippen MR) is 42.4 cm³/mol. The summed E-state index contributed by atoms with van der Waals surface area (Å²) in [6.45, 7) is 1.08. The Bertz CT molecular complexity index is 177. The van der Waals surface area contributed by atoms with Gasteiger partial charge in [-0.05, 0) is 26.4 Å². The monoisotopic (exact) mass is 155 g/mol. The van der Waals surface area contributed by atoms with Crippen molar-refractivity contribution in [3.8, 4) is 0 Å². The van der Waals surface area contributed by atoms with Crippen LogP contribution in [0.3, 0.4) is 0 Å². The van der Waals surface area contributed by atoms with Gasteiger partial charge in [0.1, 0.15) is 0 Å². The topological polar surface area (TPSA) is 40.5 Å². The van der Waals surface area contributed by atoms with Gasteiger partial charge in [0.05, 0.1) is 0 Å². The van der Waals surface area contributed by atoms with E-state index in [1.807, 2.05) is 7.05 Å². The molecular weight excluding hydrogens is 142 g/mol. The van der Waals surface area contributed by atoms with E-state index in [4.69, 9.17) is 5.11 Å². The first-order chi connectivity index (χ1) is 5.20. The van der Waals surface area contributed by atoms with Crippen LogP contribution in [-0.4, -0.2) is 35.6 Å². The number of likely N-dealkylation sites (N-methyl/N-ethyl adjacent to an activating group) is 1. The molecule has 1 N–H and O–H groups in total. The standard InChI is InChI=1S/C8H13NO2/c1-9-6-2-3-7(9)4-5-8(10)11/h4-5,7H,2-3,6H2,1H3,(H,10,11)/b5-4+/t7-/m1/s1. The third-order valence-electron chi connectivity index (χ3n) is 2.04. The Labute approximate surface area is 66.3 Å². The molecule has 11 heavy (non-hydrogen) atoms. The van der Waals surface area contributed by atoms with Crippen LogP contribution in [-0.2, 0) is 4.79 Å². The van der Waals surface area contributed by atoms with Gasteiger partial charge < -0.3 is 5.11 Å². The van der Waals surface area contributed by atoms with Crippen LogP contribution >= 0.6 is 0 Å². The lowest BCUT2D eigenvalue weighted by molar-refractivity contribution is -0.131. The molecule has 0 unspecified atom stereocenters. The fourth-order valence-electron chi connectivity index (χ4n) is 1.37. The van der Waals surface area contributed by atoms with E-state index in [2.05, 4.69) is 4.90 Å². The molecule has 1 heterocycles. The van der Waals surface area contributed by atoms with Crippen molar-refractivity contribution in [1.29, 1.82) is 0 Å². The molecule has 3 heteroatoms. The van der Waals surface area contributed by atoms with Gasteiger partial charge in [-0.1, -0.05) is 6.08 Å². The van der Waals surface area contributed by atoms with E-state index in [0.717, 1.165) is 13.0 Å². The highest BCUT2D eigenvalue weighted by Gasteiger charge is 2.17. The van der Waals surface area contributed by atoms with E-state index in [1.54, 1.807) is 6.08 Å². The highest BCUT2D eigenvalue weighted by molar-refractivity contribution is 5.79. The number of carbonyl (C=O) groups is 1. The van der Waals surface area contributed by atoms with Gasteiger partial charge in [0.25, 0.3) is 0 Å². The average molecular weight is 155 g/mol. The number of hydrogen-bond acceptors (Lipinski definition) is 2. The van der Waals surface area contributed by atoms with Crippen LogP contribution in [0.25, 0.3) is 0 Å². The maximum absolute atomic E-state index is 10.2. The molecule has 1 aliphatic rings. The Morgan fingerprint density at radius 3 is 2.91 bits per heavy atom. The minimum Gasteiger partial charge on any atom is -0.478 e. The van der Waals surface area contributed by atoms with E-state index in [-0.39, 0.29) is 0 Å². The van der Waals surface area contributed by atoms with E-state index in [0.29, 0.717) is 6.04 Å². The van der Waals surface area contributed by atoms with E-state index >= 15 is 0 Å². The van der Waals surface area contributed by atoms with Crippen molar-refractivity contribution in [2.24, 2.45) is 0 Å². The zero-order chi connectivity index (χ0) is 8.27. The maximum Gasteiger partial charge on any atom is 0.328 e. The molecule has 1 rings (SSSR count). The summed E-state index contributed by atoms with van der Waals surface area (Å²) in [5, 5.41) is 8.35. The van der Waals surface area contributed by atoms with Gasteiger partial charge in [0.2, 0.25) is 0 Å². The van der Waals surface area contributed by atoms with Crippen LogP contribution in [0.15, 0.2) is 12.2 Å². The van der Waals surface area contributed by atoms with Crippen molar-refractivity contribution in [1.82, 2.24) is 4.90 Å². The minimum atomic E-state index is -0.856. The summed E-state index contributed by atoms with van der Waals surface area (Å²) in [6, 6.07) is 0.339. The van der Waals surface area contributed by atoms with Crippen LogP contribution in [0.4, 0.5) is 0 Å². The second-order valence-electron chi connectivity index (χ2n) is 2.89. The molecule has 1 saturated heterocycles. The molecule has 0 amide bonds. The Morgan fingerprint density at radius 1 is 1.73 bits per heavy atom. The number of hydrogen-bond donors (Lipinski definition) is 1. The third-order valence-corrected chi connectivity index (χ3v) is 2.04. The van der Waals surface area contributed by atoms with Gasteiger partial charge in [0.15, 0.2) is 0 Å². The van der Waals surface area contributed by atoms with Crippen molar-refractivity contribution < 1.29 is 9.90 Å². The van der Waals surface area contributed by atoms with Gasteiger partial charge in [-0.25, -0.2) is 4.79 Å². The van der Waals surface area contributed by atoms with Gasteiger partial charge in [0, 0.05) is 12.1 Å². The Morgan fingerprint density at radius 2 is 2.45 bits per heavy atom. The second-order valence-corrected chi connectivity index (χ2v) is 2.89. The fraction of sp³-hybridized carbons (Fsp3) is 0.625. The number of rotatable bonds is 2. The van der Waals surface area contributed by atoms with E-state index in [1.165, 1.54) is 12.5 Å². The first kappa shape index (κ1) is 8.27. The lowest BCUT2D eigenvalue weighted by Gasteiger charge is -2.14. The number of carboxylic acids is 1.